The summed E-state index contributed by atoms with van der Waals surface area (Å²) in [4.78, 5) is 4.13. The van der Waals surface area contributed by atoms with Crippen LogP contribution >= 0.6 is 12.4 Å². The number of primary sulfonamides is 1. The van der Waals surface area contributed by atoms with Gasteiger partial charge in [0.2, 0.25) is 15.9 Å². The van der Waals surface area contributed by atoms with Gasteiger partial charge in [-0.05, 0) is 43.6 Å². The first-order chi connectivity index (χ1) is 10.5. The second kappa shape index (κ2) is 7.46. The molecule has 1 saturated carbocycles. The highest BCUT2D eigenvalue weighted by Gasteiger charge is 2.24. The summed E-state index contributed by atoms with van der Waals surface area (Å²) in [6, 6.07) is 3.68. The van der Waals surface area contributed by atoms with Gasteiger partial charge in [0.15, 0.2) is 5.65 Å². The van der Waals surface area contributed by atoms with Crippen molar-refractivity contribution in [3.63, 3.8) is 0 Å². The summed E-state index contributed by atoms with van der Waals surface area (Å²) < 4.78 is 29.7. The molecule has 0 bridgehead atoms. The van der Waals surface area contributed by atoms with Crippen molar-refractivity contribution in [2.75, 3.05) is 12.4 Å². The van der Waals surface area contributed by atoms with E-state index >= 15 is 0 Å². The molecule has 1 aliphatic carbocycles. The van der Waals surface area contributed by atoms with Gasteiger partial charge in [-0.1, -0.05) is 0 Å². The molecule has 2 aromatic rings. The molecular weight excluding hydrogens is 340 g/mol. The lowest BCUT2D eigenvalue weighted by Gasteiger charge is -2.27. The van der Waals surface area contributed by atoms with Crippen molar-refractivity contribution in [2.45, 2.75) is 25.7 Å². The fourth-order valence-corrected chi connectivity index (χ4v) is 3.96. The summed E-state index contributed by atoms with van der Waals surface area (Å²) in [7, 11) is -3.36. The number of hydrogen-bond donors (Lipinski definition) is 1. The number of fused-ring (bicyclic) bond motifs is 1. The summed E-state index contributed by atoms with van der Waals surface area (Å²) in [5.74, 6) is 1.31. The Morgan fingerprint density at radius 2 is 1.91 bits per heavy atom. The molecule has 0 spiro atoms. The second-order valence-electron chi connectivity index (χ2n) is 5.93. The van der Waals surface area contributed by atoms with Crippen LogP contribution in [-0.2, 0) is 10.0 Å². The first kappa shape index (κ1) is 18.0. The minimum absolute atomic E-state index is 0. The standard InChI is InChI=1S/C14H20N4O3S.ClH/c15-22(19,20)10-12-3-1-11(2-4-12)9-21-14-6-5-13-16-7-8-18(13)17-14;/h5-8,11-12H,1-4,9-10H2,(H2,15,19,20);1H. The van der Waals surface area contributed by atoms with E-state index in [0.717, 1.165) is 31.3 Å². The normalized spacial score (nSPS) is 21.8. The van der Waals surface area contributed by atoms with E-state index in [1.807, 2.05) is 12.1 Å². The molecule has 2 heterocycles. The Labute approximate surface area is 141 Å². The van der Waals surface area contributed by atoms with Crippen LogP contribution < -0.4 is 9.88 Å². The Hall–Kier alpha value is -1.38. The fourth-order valence-electron chi connectivity index (χ4n) is 2.97. The zero-order valence-electron chi connectivity index (χ0n) is 12.7. The van der Waals surface area contributed by atoms with Crippen LogP contribution in [0.2, 0.25) is 0 Å². The van der Waals surface area contributed by atoms with E-state index in [4.69, 9.17) is 9.88 Å². The van der Waals surface area contributed by atoms with Crippen molar-refractivity contribution >= 4 is 28.1 Å². The van der Waals surface area contributed by atoms with Crippen molar-refractivity contribution in [1.29, 1.82) is 0 Å². The zero-order chi connectivity index (χ0) is 15.6. The monoisotopic (exact) mass is 360 g/mol. The van der Waals surface area contributed by atoms with Crippen molar-refractivity contribution in [3.8, 4) is 5.88 Å². The van der Waals surface area contributed by atoms with Gasteiger partial charge in [-0.25, -0.2) is 23.1 Å². The van der Waals surface area contributed by atoms with Gasteiger partial charge >= 0.3 is 0 Å². The average Bonchev–Trinajstić information content (AvgIpc) is 2.92. The number of rotatable bonds is 5. The first-order valence-electron chi connectivity index (χ1n) is 7.43. The van der Waals surface area contributed by atoms with Crippen molar-refractivity contribution in [3.05, 3.63) is 24.5 Å². The van der Waals surface area contributed by atoms with E-state index in [0.29, 0.717) is 18.4 Å². The third-order valence-electron chi connectivity index (χ3n) is 4.13. The number of hydrogen-bond acceptors (Lipinski definition) is 5. The third-order valence-corrected chi connectivity index (χ3v) is 5.07. The summed E-state index contributed by atoms with van der Waals surface area (Å²) in [6.45, 7) is 0.606. The lowest BCUT2D eigenvalue weighted by atomic mass is 9.83. The highest BCUT2D eigenvalue weighted by atomic mass is 35.5. The molecule has 7 nitrogen and oxygen atoms in total. The predicted molar refractivity (Wildman–Crippen MR) is 89.2 cm³/mol. The summed E-state index contributed by atoms with van der Waals surface area (Å²) in [5.41, 5.74) is 0.788. The van der Waals surface area contributed by atoms with Crippen LogP contribution in [0.15, 0.2) is 24.5 Å². The van der Waals surface area contributed by atoms with Gasteiger partial charge in [-0.2, -0.15) is 0 Å². The Morgan fingerprint density at radius 1 is 1.22 bits per heavy atom. The SMILES string of the molecule is Cl.NS(=O)(=O)CC1CCC(COc2ccc3nccn3n2)CC1. The van der Waals surface area contributed by atoms with Gasteiger partial charge in [0.05, 0.1) is 12.4 Å². The number of halogens is 1. The highest BCUT2D eigenvalue weighted by molar-refractivity contribution is 7.89. The lowest BCUT2D eigenvalue weighted by molar-refractivity contribution is 0.182. The van der Waals surface area contributed by atoms with E-state index in [9.17, 15) is 8.42 Å². The molecule has 9 heteroatoms. The molecule has 1 aliphatic rings. The van der Waals surface area contributed by atoms with E-state index in [1.54, 1.807) is 16.9 Å². The van der Waals surface area contributed by atoms with Crippen LogP contribution in [0.4, 0.5) is 0 Å². The van der Waals surface area contributed by atoms with Crippen LogP contribution in [0.5, 0.6) is 5.88 Å². The van der Waals surface area contributed by atoms with E-state index < -0.39 is 10.0 Å². The Balaban J connectivity index is 0.00000192. The molecule has 0 saturated heterocycles. The molecular formula is C14H21ClN4O3S. The molecule has 0 amide bonds. The smallest absolute Gasteiger partial charge is 0.231 e. The summed E-state index contributed by atoms with van der Waals surface area (Å²) in [5, 5.41) is 9.42. The summed E-state index contributed by atoms with van der Waals surface area (Å²) >= 11 is 0. The van der Waals surface area contributed by atoms with Crippen LogP contribution in [0.25, 0.3) is 5.65 Å². The molecule has 0 atom stereocenters. The maximum absolute atomic E-state index is 11.1. The Kier molecular flexibility index (Phi) is 5.83. The average molecular weight is 361 g/mol. The molecule has 0 aliphatic heterocycles. The number of aromatic nitrogens is 3. The number of nitrogens with two attached hydrogens (primary N) is 1. The summed E-state index contributed by atoms with van der Waals surface area (Å²) in [6.07, 6.45) is 7.18. The third kappa shape index (κ3) is 5.05. The van der Waals surface area contributed by atoms with Gasteiger partial charge in [0.1, 0.15) is 0 Å². The van der Waals surface area contributed by atoms with Crippen LogP contribution in [0, 0.1) is 11.8 Å². The van der Waals surface area contributed by atoms with Gasteiger partial charge in [-0.3, -0.25) is 0 Å². The van der Waals surface area contributed by atoms with Crippen LogP contribution in [0.1, 0.15) is 25.7 Å². The largest absolute Gasteiger partial charge is 0.476 e. The van der Waals surface area contributed by atoms with Crippen molar-refractivity contribution < 1.29 is 13.2 Å². The molecule has 2 aromatic heterocycles. The molecule has 1 fully saturated rings. The van der Waals surface area contributed by atoms with Crippen LogP contribution in [-0.4, -0.2) is 35.4 Å². The number of ether oxygens (including phenoxy) is 1. The van der Waals surface area contributed by atoms with E-state index in [1.165, 1.54) is 0 Å². The second-order valence-corrected chi connectivity index (χ2v) is 7.59. The minimum atomic E-state index is -3.36. The Bertz CT molecular complexity index is 741. The zero-order valence-corrected chi connectivity index (χ0v) is 14.3. The number of sulfonamides is 1. The van der Waals surface area contributed by atoms with Gasteiger partial charge in [0, 0.05) is 18.5 Å². The minimum Gasteiger partial charge on any atom is -0.476 e. The van der Waals surface area contributed by atoms with Crippen LogP contribution in [0.3, 0.4) is 0 Å². The number of nitrogens with zero attached hydrogens (tertiary/aromatic N) is 3. The molecule has 23 heavy (non-hydrogen) atoms. The predicted octanol–water partition coefficient (Wildman–Crippen LogP) is 1.62. The van der Waals surface area contributed by atoms with Gasteiger partial charge in [-0.15, -0.1) is 17.5 Å². The molecule has 0 radical (unpaired) electrons. The maximum Gasteiger partial charge on any atom is 0.231 e. The van der Waals surface area contributed by atoms with Crippen molar-refractivity contribution in [2.24, 2.45) is 17.0 Å². The quantitative estimate of drug-likeness (QED) is 0.873. The van der Waals surface area contributed by atoms with Crippen molar-refractivity contribution in [1.82, 2.24) is 14.6 Å². The maximum atomic E-state index is 11.1. The fraction of sp³-hybridized carbons (Fsp3) is 0.571. The van der Waals surface area contributed by atoms with Gasteiger partial charge in [0.25, 0.3) is 0 Å². The topological polar surface area (TPSA) is 99.6 Å². The van der Waals surface area contributed by atoms with E-state index in [-0.39, 0.29) is 24.1 Å². The number of imidazole rings is 1. The molecule has 0 unspecified atom stereocenters. The first-order valence-corrected chi connectivity index (χ1v) is 9.15. The van der Waals surface area contributed by atoms with Gasteiger partial charge < -0.3 is 4.74 Å². The molecule has 0 aromatic carbocycles. The molecule has 2 N–H and O–H groups in total. The molecule has 128 valence electrons. The molecule has 3 rings (SSSR count). The highest BCUT2D eigenvalue weighted by Crippen LogP contribution is 2.29. The van der Waals surface area contributed by atoms with E-state index in [2.05, 4.69) is 10.1 Å². The Morgan fingerprint density at radius 3 is 2.61 bits per heavy atom. The lowest BCUT2D eigenvalue weighted by Crippen LogP contribution is -2.28.